The molecule has 3 nitrogen and oxygen atoms in total. The van der Waals surface area contributed by atoms with E-state index in [2.05, 4.69) is 119 Å². The molecule has 1 aromatic heterocycles. The summed E-state index contributed by atoms with van der Waals surface area (Å²) in [4.78, 5) is 16.6. The topological polar surface area (TPSA) is 50.2 Å². The Bertz CT molecular complexity index is 1600. The zero-order valence-corrected chi connectivity index (χ0v) is 32.0. The molecule has 4 aromatic rings. The zero-order valence-electron chi connectivity index (χ0n) is 28.6. The Morgan fingerprint density at radius 3 is 1.91 bits per heavy atom. The molecule has 0 aliphatic heterocycles. The van der Waals surface area contributed by atoms with Crippen molar-refractivity contribution in [2.45, 2.75) is 87.4 Å². The van der Waals surface area contributed by atoms with Crippen molar-refractivity contribution in [1.29, 1.82) is 0 Å². The summed E-state index contributed by atoms with van der Waals surface area (Å²) in [5.41, 5.74) is 6.24. The first-order chi connectivity index (χ1) is 19.7. The van der Waals surface area contributed by atoms with Gasteiger partial charge in [0.1, 0.15) is 5.76 Å². The molecule has 3 aromatic carbocycles. The van der Waals surface area contributed by atoms with Gasteiger partial charge in [-0.3, -0.25) is 9.78 Å². The number of benzene rings is 3. The summed E-state index contributed by atoms with van der Waals surface area (Å²) in [6.45, 7) is 25.0. The number of aromatic nitrogens is 1. The number of aliphatic hydroxyl groups excluding tert-OH is 1. The minimum Gasteiger partial charge on any atom is -0.512 e. The van der Waals surface area contributed by atoms with Crippen molar-refractivity contribution in [3.8, 4) is 22.4 Å². The van der Waals surface area contributed by atoms with Crippen LogP contribution in [0.3, 0.4) is 0 Å². The standard InChI is InChI=1S/C28H30NSi.C11H20O2.Ir/c1-28(2,3)22-17-15-21(16-18-22)25-19-23(20-11-8-7-9-12-20)27-24(29-25)13-10-14-26(27)30(4,5)6;1-10(2,3)8(12)7-9(13)11(4,5)6;/h7-15,17-19H,1-6H3;7,12H,1-6H3;/q-1;;/b;8-7-;. The van der Waals surface area contributed by atoms with Gasteiger partial charge in [-0.05, 0) is 28.3 Å². The third kappa shape index (κ3) is 9.57. The maximum Gasteiger partial charge on any atom is 0.164 e. The van der Waals surface area contributed by atoms with Gasteiger partial charge in [0.25, 0.3) is 0 Å². The van der Waals surface area contributed by atoms with Gasteiger partial charge in [0, 0.05) is 42.4 Å². The van der Waals surface area contributed by atoms with E-state index in [4.69, 9.17) is 4.98 Å². The molecular weight excluding hydrogens is 735 g/mol. The molecule has 1 radical (unpaired) electrons. The number of allylic oxidation sites excluding steroid dienone is 2. The molecule has 0 atom stereocenters. The maximum absolute atomic E-state index is 11.5. The van der Waals surface area contributed by atoms with Crippen LogP contribution in [0, 0.1) is 16.9 Å². The van der Waals surface area contributed by atoms with Gasteiger partial charge in [0.15, 0.2) is 5.78 Å². The van der Waals surface area contributed by atoms with Crippen molar-refractivity contribution in [3.63, 3.8) is 0 Å². The maximum atomic E-state index is 11.5. The number of carbonyl (C=O) groups is 1. The number of rotatable bonds is 4. The van der Waals surface area contributed by atoms with Crippen LogP contribution in [0.15, 0.2) is 84.6 Å². The molecule has 0 amide bonds. The van der Waals surface area contributed by atoms with E-state index in [-0.39, 0.29) is 42.5 Å². The van der Waals surface area contributed by atoms with Crippen molar-refractivity contribution >= 4 is 29.9 Å². The molecule has 0 unspecified atom stereocenters. The van der Waals surface area contributed by atoms with Crippen molar-refractivity contribution in [2.24, 2.45) is 10.8 Å². The van der Waals surface area contributed by atoms with Crippen molar-refractivity contribution in [2.75, 3.05) is 0 Å². The number of fused-ring (bicyclic) bond motifs is 1. The van der Waals surface area contributed by atoms with Crippen molar-refractivity contribution in [3.05, 3.63) is 96.3 Å². The van der Waals surface area contributed by atoms with Crippen LogP contribution in [0.1, 0.15) is 67.9 Å². The fourth-order valence-electron chi connectivity index (χ4n) is 4.50. The molecular formula is C39H50IrNO2Si-. The summed E-state index contributed by atoms with van der Waals surface area (Å²) in [6.07, 6.45) is 1.33. The number of aliphatic hydroxyl groups is 1. The summed E-state index contributed by atoms with van der Waals surface area (Å²) in [6, 6.07) is 29.5. The van der Waals surface area contributed by atoms with E-state index < -0.39 is 13.5 Å². The van der Waals surface area contributed by atoms with Gasteiger partial charge in [-0.25, -0.2) is 0 Å². The average molecular weight is 785 g/mol. The minimum absolute atomic E-state index is 0. The van der Waals surface area contributed by atoms with Gasteiger partial charge in [0.05, 0.1) is 13.6 Å². The first-order valence-electron chi connectivity index (χ1n) is 15.2. The Balaban J connectivity index is 0.000000412. The van der Waals surface area contributed by atoms with Crippen molar-refractivity contribution < 1.29 is 30.0 Å². The number of carbonyl (C=O) groups excluding carboxylic acids is 1. The molecule has 0 spiro atoms. The van der Waals surface area contributed by atoms with Gasteiger partial charge < -0.3 is 5.11 Å². The van der Waals surface area contributed by atoms with E-state index in [1.54, 1.807) is 0 Å². The van der Waals surface area contributed by atoms with Gasteiger partial charge in [-0.15, -0.1) is 35.4 Å². The molecule has 5 heteroatoms. The number of ketones is 1. The van der Waals surface area contributed by atoms with E-state index in [0.29, 0.717) is 0 Å². The van der Waals surface area contributed by atoms with E-state index in [9.17, 15) is 9.90 Å². The van der Waals surface area contributed by atoms with Gasteiger partial charge >= 0.3 is 0 Å². The Labute approximate surface area is 280 Å². The molecule has 1 heterocycles. The molecule has 0 saturated carbocycles. The minimum atomic E-state index is -1.53. The van der Waals surface area contributed by atoms with Crippen LogP contribution in [-0.2, 0) is 30.3 Å². The Hall–Kier alpha value is -2.85. The van der Waals surface area contributed by atoms with Crippen LogP contribution >= 0.6 is 0 Å². The molecule has 237 valence electrons. The molecule has 0 aliphatic carbocycles. The number of hydrogen-bond donors (Lipinski definition) is 1. The third-order valence-corrected chi connectivity index (χ3v) is 9.49. The molecule has 0 saturated heterocycles. The molecule has 0 bridgehead atoms. The SMILES string of the molecule is CC(C)(C)C(=O)/C=C(\O)C(C)(C)C.CC(C)(C)c1c[c-]c(-c2cc(-c3ccccc3)c3c([Si](C)(C)C)cccc3n2)cc1.[Ir]. The van der Waals surface area contributed by atoms with Crippen LogP contribution in [-0.4, -0.2) is 23.9 Å². The fourth-order valence-corrected chi connectivity index (χ4v) is 6.11. The van der Waals surface area contributed by atoms with E-state index >= 15 is 0 Å². The van der Waals surface area contributed by atoms with Crippen LogP contribution < -0.4 is 5.19 Å². The largest absolute Gasteiger partial charge is 0.512 e. The summed E-state index contributed by atoms with van der Waals surface area (Å²) < 4.78 is 0. The predicted octanol–water partition coefficient (Wildman–Crippen LogP) is 10.3. The van der Waals surface area contributed by atoms with E-state index in [0.717, 1.165) is 16.8 Å². The van der Waals surface area contributed by atoms with E-state index in [1.807, 2.05) is 41.5 Å². The number of pyridine rings is 1. The molecule has 44 heavy (non-hydrogen) atoms. The summed E-state index contributed by atoms with van der Waals surface area (Å²) in [5.74, 6) is 0.104. The van der Waals surface area contributed by atoms with Gasteiger partial charge in [-0.2, -0.15) is 0 Å². The molecule has 0 fully saturated rings. The van der Waals surface area contributed by atoms with Crippen LogP contribution in [0.25, 0.3) is 33.3 Å². The summed E-state index contributed by atoms with van der Waals surface area (Å²) in [7, 11) is -1.53. The second kappa shape index (κ2) is 14.1. The Kier molecular flexibility index (Phi) is 11.9. The first-order valence-corrected chi connectivity index (χ1v) is 18.7. The fraction of sp³-hybridized carbons (Fsp3) is 0.385. The van der Waals surface area contributed by atoms with E-state index in [1.165, 1.54) is 33.3 Å². The predicted molar refractivity (Wildman–Crippen MR) is 188 cm³/mol. The third-order valence-electron chi connectivity index (χ3n) is 7.46. The Morgan fingerprint density at radius 1 is 0.818 bits per heavy atom. The second-order valence-electron chi connectivity index (χ2n) is 15.5. The average Bonchev–Trinajstić information content (AvgIpc) is 2.91. The second-order valence-corrected chi connectivity index (χ2v) is 20.5. The van der Waals surface area contributed by atoms with Crippen LogP contribution in [0.5, 0.6) is 0 Å². The number of hydrogen-bond acceptors (Lipinski definition) is 3. The molecule has 0 aliphatic rings. The smallest absolute Gasteiger partial charge is 0.164 e. The monoisotopic (exact) mass is 785 g/mol. The zero-order chi connectivity index (χ0) is 32.4. The molecule has 4 rings (SSSR count). The first kappa shape index (κ1) is 37.3. The van der Waals surface area contributed by atoms with Gasteiger partial charge in [-0.1, -0.05) is 136 Å². The van der Waals surface area contributed by atoms with Crippen LogP contribution in [0.4, 0.5) is 0 Å². The van der Waals surface area contributed by atoms with Crippen LogP contribution in [0.2, 0.25) is 19.6 Å². The summed E-state index contributed by atoms with van der Waals surface area (Å²) >= 11 is 0. The Morgan fingerprint density at radius 2 is 1.43 bits per heavy atom. The summed E-state index contributed by atoms with van der Waals surface area (Å²) in [5, 5.41) is 12.3. The molecule has 1 N–H and O–H groups in total. The van der Waals surface area contributed by atoms with Gasteiger partial charge in [0.2, 0.25) is 0 Å². The van der Waals surface area contributed by atoms with Crippen molar-refractivity contribution in [1.82, 2.24) is 4.98 Å². The quantitative estimate of drug-likeness (QED) is 0.0971. The normalized spacial score (nSPS) is 12.7. The number of nitrogens with zero attached hydrogens (tertiary/aromatic N) is 1.